The molecule has 4 N–H and O–H groups in total. The summed E-state index contributed by atoms with van der Waals surface area (Å²) in [6.45, 7) is 0. The lowest BCUT2D eigenvalue weighted by atomic mass is 9.98. The molecule has 0 bridgehead atoms. The van der Waals surface area contributed by atoms with E-state index in [2.05, 4.69) is 15.0 Å². The number of nitrogen functional groups attached to an aromatic ring is 1. The molecule has 0 spiro atoms. The Bertz CT molecular complexity index is 1260. The van der Waals surface area contributed by atoms with E-state index >= 15 is 0 Å². The molecule has 0 aliphatic rings. The highest BCUT2D eigenvalue weighted by Crippen LogP contribution is 2.31. The van der Waals surface area contributed by atoms with Crippen LogP contribution in [0.3, 0.4) is 0 Å². The van der Waals surface area contributed by atoms with Crippen molar-refractivity contribution in [2.24, 2.45) is 5.14 Å². The number of nitrogens with two attached hydrogens (primary N) is 2. The Balaban J connectivity index is 1.92. The molecule has 4 rings (SSSR count). The number of rotatable bonds is 3. The van der Waals surface area contributed by atoms with E-state index in [0.717, 1.165) is 27.6 Å². The lowest BCUT2D eigenvalue weighted by Crippen LogP contribution is -2.15. The number of pyridine rings is 3. The number of nitrogens with zero attached hydrogens (tertiary/aromatic N) is 3. The summed E-state index contributed by atoms with van der Waals surface area (Å²) in [5, 5.41) is 6.16. The lowest BCUT2D eigenvalue weighted by molar-refractivity contribution is 0.598. The second-order valence-corrected chi connectivity index (χ2v) is 7.51. The molecule has 7 nitrogen and oxygen atoms in total. The number of hydrogen-bond acceptors (Lipinski definition) is 6. The molecule has 3 aromatic heterocycles. The first-order chi connectivity index (χ1) is 12.9. The predicted octanol–water partition coefficient (Wildman–Crippen LogP) is 2.59. The van der Waals surface area contributed by atoms with Crippen molar-refractivity contribution >= 4 is 26.7 Å². The maximum Gasteiger partial charge on any atom is 0.241 e. The SMILES string of the molecule is Nc1ncc(-c2ccc3nccc(-c4ccncc4)c3c2)cc1S(N)(=O)=O. The van der Waals surface area contributed by atoms with Crippen molar-refractivity contribution in [3.8, 4) is 22.3 Å². The molecule has 0 saturated heterocycles. The van der Waals surface area contributed by atoms with Crippen LogP contribution >= 0.6 is 0 Å². The van der Waals surface area contributed by atoms with Crippen LogP contribution < -0.4 is 10.9 Å². The maximum atomic E-state index is 11.7. The minimum absolute atomic E-state index is 0.124. The van der Waals surface area contributed by atoms with E-state index in [1.54, 1.807) is 18.6 Å². The molecular weight excluding hydrogens is 362 g/mol. The predicted molar refractivity (Wildman–Crippen MR) is 104 cm³/mol. The summed E-state index contributed by atoms with van der Waals surface area (Å²) in [5.41, 5.74) is 9.87. The average Bonchev–Trinajstić information content (AvgIpc) is 2.67. The third kappa shape index (κ3) is 3.23. The first kappa shape index (κ1) is 17.1. The second kappa shape index (κ2) is 6.42. The number of benzene rings is 1. The van der Waals surface area contributed by atoms with Crippen molar-refractivity contribution in [3.05, 3.63) is 67.3 Å². The Morgan fingerprint density at radius 2 is 1.59 bits per heavy atom. The van der Waals surface area contributed by atoms with Gasteiger partial charge in [-0.15, -0.1) is 0 Å². The first-order valence-corrected chi connectivity index (χ1v) is 9.56. The Morgan fingerprint density at radius 3 is 2.33 bits per heavy atom. The monoisotopic (exact) mass is 377 g/mol. The van der Waals surface area contributed by atoms with Gasteiger partial charge in [-0.3, -0.25) is 9.97 Å². The van der Waals surface area contributed by atoms with E-state index in [-0.39, 0.29) is 10.7 Å². The van der Waals surface area contributed by atoms with Gasteiger partial charge in [-0.2, -0.15) is 0 Å². The molecule has 0 amide bonds. The Hall–Kier alpha value is -3.36. The van der Waals surface area contributed by atoms with E-state index in [4.69, 9.17) is 10.9 Å². The maximum absolute atomic E-state index is 11.7. The van der Waals surface area contributed by atoms with Crippen molar-refractivity contribution in [2.75, 3.05) is 5.73 Å². The summed E-state index contributed by atoms with van der Waals surface area (Å²) >= 11 is 0. The van der Waals surface area contributed by atoms with Gasteiger partial charge in [-0.25, -0.2) is 18.5 Å². The topological polar surface area (TPSA) is 125 Å². The summed E-state index contributed by atoms with van der Waals surface area (Å²) in [4.78, 5) is 12.2. The zero-order valence-corrected chi connectivity index (χ0v) is 14.9. The van der Waals surface area contributed by atoms with Crippen LogP contribution in [0.2, 0.25) is 0 Å². The standard InChI is InChI=1S/C19H15N5O2S/c20-19-18(27(21,25)26)10-14(11-24-19)13-1-2-17-16(9-13)15(5-8-23-17)12-3-6-22-7-4-12/h1-11H,(H2,20,24)(H2,21,25,26). The van der Waals surface area contributed by atoms with Crippen LogP contribution in [0.25, 0.3) is 33.2 Å². The van der Waals surface area contributed by atoms with Crippen LogP contribution in [0.15, 0.2) is 72.1 Å². The highest BCUT2D eigenvalue weighted by Gasteiger charge is 2.15. The molecule has 27 heavy (non-hydrogen) atoms. The number of fused-ring (bicyclic) bond motifs is 1. The number of hydrogen-bond donors (Lipinski definition) is 2. The van der Waals surface area contributed by atoms with Gasteiger partial charge in [0.05, 0.1) is 5.52 Å². The van der Waals surface area contributed by atoms with Crippen LogP contribution in [0.1, 0.15) is 0 Å². The van der Waals surface area contributed by atoms with Gasteiger partial charge in [0, 0.05) is 35.7 Å². The number of primary sulfonamides is 1. The highest BCUT2D eigenvalue weighted by molar-refractivity contribution is 7.89. The highest BCUT2D eigenvalue weighted by atomic mass is 32.2. The van der Waals surface area contributed by atoms with Crippen LogP contribution in [-0.4, -0.2) is 23.4 Å². The zero-order chi connectivity index (χ0) is 19.0. The summed E-state index contributed by atoms with van der Waals surface area (Å²) in [7, 11) is -3.96. The van der Waals surface area contributed by atoms with E-state index in [1.807, 2.05) is 36.4 Å². The fourth-order valence-corrected chi connectivity index (χ4v) is 3.59. The molecule has 8 heteroatoms. The summed E-state index contributed by atoms with van der Waals surface area (Å²) in [6, 6.07) is 12.9. The minimum Gasteiger partial charge on any atom is -0.383 e. The molecule has 3 heterocycles. The average molecular weight is 377 g/mol. The normalized spacial score (nSPS) is 11.6. The van der Waals surface area contributed by atoms with E-state index in [1.165, 1.54) is 12.3 Å². The molecule has 0 aliphatic heterocycles. The molecule has 134 valence electrons. The van der Waals surface area contributed by atoms with Gasteiger partial charge < -0.3 is 5.73 Å². The largest absolute Gasteiger partial charge is 0.383 e. The number of anilines is 1. The van der Waals surface area contributed by atoms with Gasteiger partial charge in [0.25, 0.3) is 0 Å². The Morgan fingerprint density at radius 1 is 0.815 bits per heavy atom. The number of aromatic nitrogens is 3. The summed E-state index contributed by atoms with van der Waals surface area (Å²) in [5.74, 6) is -0.124. The Kier molecular flexibility index (Phi) is 4.06. The van der Waals surface area contributed by atoms with Crippen molar-refractivity contribution in [2.45, 2.75) is 4.90 Å². The lowest BCUT2D eigenvalue weighted by Gasteiger charge is -2.10. The molecule has 0 unspecified atom stereocenters. The molecule has 4 aromatic rings. The molecule has 1 aromatic carbocycles. The van der Waals surface area contributed by atoms with Gasteiger partial charge in [0.1, 0.15) is 10.7 Å². The zero-order valence-electron chi connectivity index (χ0n) is 14.1. The van der Waals surface area contributed by atoms with Crippen molar-refractivity contribution < 1.29 is 8.42 Å². The van der Waals surface area contributed by atoms with E-state index in [9.17, 15) is 8.42 Å². The molecule has 0 radical (unpaired) electrons. The molecule has 0 atom stereocenters. The van der Waals surface area contributed by atoms with Crippen LogP contribution in [0, 0.1) is 0 Å². The van der Waals surface area contributed by atoms with Crippen molar-refractivity contribution in [1.82, 2.24) is 15.0 Å². The van der Waals surface area contributed by atoms with Gasteiger partial charge in [0.2, 0.25) is 10.0 Å². The Labute approximate surface area is 155 Å². The molecular formula is C19H15N5O2S. The van der Waals surface area contributed by atoms with E-state index in [0.29, 0.717) is 5.56 Å². The second-order valence-electron chi connectivity index (χ2n) is 5.98. The molecule has 0 saturated carbocycles. The van der Waals surface area contributed by atoms with Gasteiger partial charge in [0.15, 0.2) is 0 Å². The van der Waals surface area contributed by atoms with E-state index < -0.39 is 10.0 Å². The van der Waals surface area contributed by atoms with Crippen molar-refractivity contribution in [3.63, 3.8) is 0 Å². The quantitative estimate of drug-likeness (QED) is 0.565. The van der Waals surface area contributed by atoms with Crippen molar-refractivity contribution in [1.29, 1.82) is 0 Å². The third-order valence-corrected chi connectivity index (χ3v) is 5.19. The third-order valence-electron chi connectivity index (χ3n) is 4.25. The fourth-order valence-electron chi connectivity index (χ4n) is 2.95. The fraction of sp³-hybridized carbons (Fsp3) is 0. The van der Waals surface area contributed by atoms with Gasteiger partial charge in [-0.05, 0) is 53.1 Å². The van der Waals surface area contributed by atoms with Crippen LogP contribution in [0.4, 0.5) is 5.82 Å². The van der Waals surface area contributed by atoms with Gasteiger partial charge >= 0.3 is 0 Å². The molecule has 0 fully saturated rings. The smallest absolute Gasteiger partial charge is 0.241 e. The van der Waals surface area contributed by atoms with Crippen LogP contribution in [0.5, 0.6) is 0 Å². The van der Waals surface area contributed by atoms with Gasteiger partial charge in [-0.1, -0.05) is 6.07 Å². The summed E-state index contributed by atoms with van der Waals surface area (Å²) in [6.07, 6.45) is 6.73. The molecule has 0 aliphatic carbocycles. The number of sulfonamides is 1. The minimum atomic E-state index is -3.96. The summed E-state index contributed by atoms with van der Waals surface area (Å²) < 4.78 is 23.5. The van der Waals surface area contributed by atoms with Crippen LogP contribution in [-0.2, 0) is 10.0 Å². The first-order valence-electron chi connectivity index (χ1n) is 8.01.